The average Bonchev–Trinajstić information content (AvgIpc) is 2.39. The van der Waals surface area contributed by atoms with E-state index in [-0.39, 0.29) is 10.6 Å². The van der Waals surface area contributed by atoms with Gasteiger partial charge in [0, 0.05) is 20.7 Å². The van der Waals surface area contributed by atoms with E-state index in [4.69, 9.17) is 4.74 Å². The molecular weight excluding hydrogens is 342 g/mol. The number of hydrogen-bond acceptors (Lipinski definition) is 4. The average molecular weight is 364 g/mol. The lowest BCUT2D eigenvalue weighted by Crippen LogP contribution is -2.29. The van der Waals surface area contributed by atoms with Crippen molar-refractivity contribution in [1.29, 1.82) is 0 Å². The second kappa shape index (κ2) is 8.00. The van der Waals surface area contributed by atoms with Crippen LogP contribution in [-0.2, 0) is 14.6 Å². The Morgan fingerprint density at radius 2 is 2.00 bits per heavy atom. The van der Waals surface area contributed by atoms with Crippen molar-refractivity contribution < 1.29 is 13.2 Å². The van der Waals surface area contributed by atoms with Gasteiger partial charge in [0.15, 0.2) is 9.84 Å². The van der Waals surface area contributed by atoms with Gasteiger partial charge in [-0.25, -0.2) is 8.42 Å². The molecule has 0 radical (unpaired) electrons. The van der Waals surface area contributed by atoms with Crippen molar-refractivity contribution >= 4 is 31.5 Å². The van der Waals surface area contributed by atoms with Gasteiger partial charge in [0.2, 0.25) is 0 Å². The van der Waals surface area contributed by atoms with E-state index < -0.39 is 9.84 Å². The number of methoxy groups -OCH3 is 1. The van der Waals surface area contributed by atoms with Gasteiger partial charge in [-0.05, 0) is 18.6 Å². The van der Waals surface area contributed by atoms with Crippen molar-refractivity contribution in [1.82, 2.24) is 0 Å². The Morgan fingerprint density at radius 1 is 1.35 bits per heavy atom. The molecule has 1 atom stereocenters. The fourth-order valence-corrected chi connectivity index (χ4v) is 4.33. The number of hydrogen-bond donors (Lipinski definition) is 0. The lowest BCUT2D eigenvalue weighted by Gasteiger charge is -2.24. The van der Waals surface area contributed by atoms with Crippen LogP contribution in [0, 0.1) is 0 Å². The van der Waals surface area contributed by atoms with Gasteiger partial charge in [-0.2, -0.15) is 0 Å². The summed E-state index contributed by atoms with van der Waals surface area (Å²) in [7, 11) is 0.317. The topological polar surface area (TPSA) is 46.6 Å². The van der Waals surface area contributed by atoms with E-state index in [2.05, 4.69) is 15.9 Å². The molecule has 0 heterocycles. The Labute approximate surface area is 130 Å². The van der Waals surface area contributed by atoms with Crippen LogP contribution in [0.4, 0.5) is 5.69 Å². The highest BCUT2D eigenvalue weighted by Crippen LogP contribution is 2.26. The molecule has 1 unspecified atom stereocenters. The van der Waals surface area contributed by atoms with Crippen LogP contribution in [0.2, 0.25) is 0 Å². The number of para-hydroxylation sites is 1. The van der Waals surface area contributed by atoms with Gasteiger partial charge in [0.1, 0.15) is 0 Å². The van der Waals surface area contributed by atoms with Crippen LogP contribution in [0.15, 0.2) is 29.2 Å². The minimum atomic E-state index is -3.22. The second-order valence-electron chi connectivity index (χ2n) is 4.72. The van der Waals surface area contributed by atoms with Crippen LogP contribution in [0.1, 0.15) is 13.3 Å². The number of nitrogens with zero attached hydrogens (tertiary/aromatic N) is 1. The van der Waals surface area contributed by atoms with E-state index >= 15 is 0 Å². The zero-order valence-corrected chi connectivity index (χ0v) is 14.6. The summed E-state index contributed by atoms with van der Waals surface area (Å²) in [4.78, 5) is 2.50. The highest BCUT2D eigenvalue weighted by molar-refractivity contribution is 9.09. The molecule has 0 bridgehead atoms. The van der Waals surface area contributed by atoms with Crippen molar-refractivity contribution in [2.45, 2.75) is 23.1 Å². The van der Waals surface area contributed by atoms with Crippen molar-refractivity contribution in [3.63, 3.8) is 0 Å². The maximum Gasteiger partial charge on any atom is 0.180 e. The Balaban J connectivity index is 3.01. The molecule has 4 nitrogen and oxygen atoms in total. The van der Waals surface area contributed by atoms with E-state index in [1.165, 1.54) is 0 Å². The predicted molar refractivity (Wildman–Crippen MR) is 86.6 cm³/mol. The molecule has 114 valence electrons. The monoisotopic (exact) mass is 363 g/mol. The molecule has 6 heteroatoms. The summed E-state index contributed by atoms with van der Waals surface area (Å²) in [6.07, 6.45) is 0.616. The number of halogens is 1. The largest absolute Gasteiger partial charge is 0.383 e. The normalized spacial score (nSPS) is 13.2. The van der Waals surface area contributed by atoms with Gasteiger partial charge >= 0.3 is 0 Å². The Kier molecular flexibility index (Phi) is 6.99. The minimum Gasteiger partial charge on any atom is -0.383 e. The summed E-state index contributed by atoms with van der Waals surface area (Å²) in [5, 5.41) is 0. The van der Waals surface area contributed by atoms with Crippen LogP contribution < -0.4 is 4.90 Å². The summed E-state index contributed by atoms with van der Waals surface area (Å²) in [6, 6.07) is 7.14. The second-order valence-corrected chi connectivity index (χ2v) is 8.09. The lowest BCUT2D eigenvalue weighted by atomic mass is 10.3. The van der Waals surface area contributed by atoms with Crippen molar-refractivity contribution in [2.75, 3.05) is 38.0 Å². The Hall–Kier alpha value is -0.590. The summed E-state index contributed by atoms with van der Waals surface area (Å²) in [6.45, 7) is 3.12. The van der Waals surface area contributed by atoms with Crippen LogP contribution in [0.5, 0.6) is 0 Å². The van der Waals surface area contributed by atoms with E-state index in [0.717, 1.165) is 5.69 Å². The maximum atomic E-state index is 12.3. The van der Waals surface area contributed by atoms with Crippen LogP contribution in [0.25, 0.3) is 0 Å². The first-order valence-corrected chi connectivity index (χ1v) is 9.15. The molecule has 0 amide bonds. The molecule has 0 fully saturated rings. The van der Waals surface area contributed by atoms with Gasteiger partial charge < -0.3 is 9.64 Å². The lowest BCUT2D eigenvalue weighted by molar-refractivity contribution is 0.201. The van der Waals surface area contributed by atoms with Crippen molar-refractivity contribution in [3.8, 4) is 0 Å². The third-order valence-electron chi connectivity index (χ3n) is 2.90. The number of sulfone groups is 1. The summed E-state index contributed by atoms with van der Waals surface area (Å²) in [5.74, 6) is 0.174. The first-order chi connectivity index (χ1) is 9.42. The number of anilines is 1. The highest BCUT2D eigenvalue weighted by Gasteiger charge is 2.20. The first-order valence-electron chi connectivity index (χ1n) is 6.58. The summed E-state index contributed by atoms with van der Waals surface area (Å²) in [5.41, 5.74) is 0.738. The number of alkyl halides is 1. The standard InChI is InChI=1S/C14H22BrNO3S/c1-4-9-20(17,18)14-8-6-5-7-13(14)16(2)10-12(15)11-19-3/h5-8,12H,4,9-11H2,1-3H3. The molecule has 1 rings (SSSR count). The number of rotatable bonds is 8. The zero-order chi connectivity index (χ0) is 15.2. The molecule has 0 spiro atoms. The SMILES string of the molecule is CCCS(=O)(=O)c1ccccc1N(C)CC(Br)COC. The van der Waals surface area contributed by atoms with Gasteiger partial charge in [0.05, 0.1) is 27.8 Å². The van der Waals surface area contributed by atoms with Crippen LogP contribution in [0.3, 0.4) is 0 Å². The third kappa shape index (κ3) is 4.75. The molecule has 0 N–H and O–H groups in total. The number of benzene rings is 1. The van der Waals surface area contributed by atoms with Gasteiger partial charge in [-0.15, -0.1) is 0 Å². The third-order valence-corrected chi connectivity index (χ3v) is 5.42. The zero-order valence-electron chi connectivity index (χ0n) is 12.2. The Bertz CT molecular complexity index is 519. The van der Waals surface area contributed by atoms with Gasteiger partial charge in [0.25, 0.3) is 0 Å². The summed E-state index contributed by atoms with van der Waals surface area (Å²) >= 11 is 3.53. The smallest absolute Gasteiger partial charge is 0.180 e. The fraction of sp³-hybridized carbons (Fsp3) is 0.571. The molecule has 1 aromatic rings. The predicted octanol–water partition coefficient (Wildman–Crippen LogP) is 2.72. The van der Waals surface area contributed by atoms with Gasteiger partial charge in [-0.3, -0.25) is 0 Å². The molecule has 0 aliphatic rings. The molecule has 0 aliphatic carbocycles. The molecule has 1 aromatic carbocycles. The van der Waals surface area contributed by atoms with Gasteiger partial charge in [-0.1, -0.05) is 35.0 Å². The van der Waals surface area contributed by atoms with E-state index in [0.29, 0.717) is 24.5 Å². The maximum absolute atomic E-state index is 12.3. The number of ether oxygens (including phenoxy) is 1. The molecule has 0 aliphatic heterocycles. The highest BCUT2D eigenvalue weighted by atomic mass is 79.9. The van der Waals surface area contributed by atoms with E-state index in [1.54, 1.807) is 19.2 Å². The fourth-order valence-electron chi connectivity index (χ4n) is 2.04. The van der Waals surface area contributed by atoms with E-state index in [1.807, 2.05) is 31.0 Å². The first kappa shape index (κ1) is 17.5. The Morgan fingerprint density at radius 3 is 2.60 bits per heavy atom. The molecule has 0 aromatic heterocycles. The quantitative estimate of drug-likeness (QED) is 0.666. The minimum absolute atomic E-state index is 0.152. The molecule has 20 heavy (non-hydrogen) atoms. The van der Waals surface area contributed by atoms with Crippen LogP contribution in [-0.4, -0.2) is 46.3 Å². The molecule has 0 saturated carbocycles. The summed E-state index contributed by atoms with van der Waals surface area (Å²) < 4.78 is 29.7. The molecule has 0 saturated heterocycles. The van der Waals surface area contributed by atoms with Crippen LogP contribution >= 0.6 is 15.9 Å². The van der Waals surface area contributed by atoms with Crippen molar-refractivity contribution in [3.05, 3.63) is 24.3 Å². The van der Waals surface area contributed by atoms with Crippen molar-refractivity contribution in [2.24, 2.45) is 0 Å². The molecular formula is C14H22BrNO3S. The van der Waals surface area contributed by atoms with E-state index in [9.17, 15) is 8.42 Å².